The number of rotatable bonds is 2. The van der Waals surface area contributed by atoms with Crippen LogP contribution in [0.1, 0.15) is 0 Å². The van der Waals surface area contributed by atoms with Gasteiger partial charge in [-0.2, -0.15) is 0 Å². The molecular formula is C14H9BrClN3O. The van der Waals surface area contributed by atoms with Crippen molar-refractivity contribution in [3.63, 3.8) is 0 Å². The van der Waals surface area contributed by atoms with Crippen molar-refractivity contribution in [1.82, 2.24) is 10.1 Å². The molecule has 20 heavy (non-hydrogen) atoms. The fourth-order valence-corrected chi connectivity index (χ4v) is 2.49. The van der Waals surface area contributed by atoms with E-state index in [9.17, 15) is 0 Å². The van der Waals surface area contributed by atoms with Crippen molar-refractivity contribution in [2.24, 2.45) is 0 Å². The topological polar surface area (TPSA) is 64.9 Å². The second-order valence-corrected chi connectivity index (χ2v) is 5.43. The van der Waals surface area contributed by atoms with Crippen molar-refractivity contribution in [3.8, 4) is 22.5 Å². The van der Waals surface area contributed by atoms with Gasteiger partial charge in [0.25, 0.3) is 0 Å². The first kappa shape index (κ1) is 13.1. The van der Waals surface area contributed by atoms with Crippen LogP contribution in [0.15, 0.2) is 51.6 Å². The summed E-state index contributed by atoms with van der Waals surface area (Å²) >= 11 is 9.65. The Morgan fingerprint density at radius 2 is 2.05 bits per heavy atom. The number of nitrogens with zero attached hydrogens (tertiary/aromatic N) is 2. The van der Waals surface area contributed by atoms with E-state index >= 15 is 0 Å². The second kappa shape index (κ2) is 5.26. The standard InChI is InChI=1S/C14H9BrClN3O/c15-8-4-5-10(16)9(7-8)13-12(14(17)20-19-13)11-3-1-2-6-18-11/h1-7H,17H2. The third-order valence-corrected chi connectivity index (χ3v) is 3.65. The molecule has 3 rings (SSSR count). The molecule has 2 aromatic heterocycles. The molecule has 4 nitrogen and oxygen atoms in total. The zero-order valence-electron chi connectivity index (χ0n) is 10.2. The summed E-state index contributed by atoms with van der Waals surface area (Å²) in [6, 6.07) is 11.1. The zero-order valence-corrected chi connectivity index (χ0v) is 12.5. The minimum Gasteiger partial charge on any atom is -0.367 e. The first-order valence-electron chi connectivity index (χ1n) is 5.79. The van der Waals surface area contributed by atoms with Crippen LogP contribution in [0, 0.1) is 0 Å². The van der Waals surface area contributed by atoms with Gasteiger partial charge in [0, 0.05) is 16.2 Å². The van der Waals surface area contributed by atoms with Gasteiger partial charge in [0.05, 0.1) is 16.3 Å². The molecule has 0 aliphatic heterocycles. The number of hydrogen-bond acceptors (Lipinski definition) is 4. The average molecular weight is 351 g/mol. The summed E-state index contributed by atoms with van der Waals surface area (Å²) in [7, 11) is 0. The van der Waals surface area contributed by atoms with E-state index in [1.807, 2.05) is 30.3 Å². The highest BCUT2D eigenvalue weighted by atomic mass is 79.9. The molecule has 0 radical (unpaired) electrons. The van der Waals surface area contributed by atoms with Gasteiger partial charge in [-0.3, -0.25) is 4.98 Å². The predicted molar refractivity (Wildman–Crippen MR) is 82.3 cm³/mol. The number of pyridine rings is 1. The van der Waals surface area contributed by atoms with E-state index in [0.717, 1.165) is 10.0 Å². The van der Waals surface area contributed by atoms with Crippen molar-refractivity contribution >= 4 is 33.4 Å². The Morgan fingerprint density at radius 3 is 2.80 bits per heavy atom. The van der Waals surface area contributed by atoms with E-state index < -0.39 is 0 Å². The molecule has 0 bridgehead atoms. The van der Waals surface area contributed by atoms with Gasteiger partial charge in [-0.05, 0) is 30.3 Å². The molecule has 0 saturated carbocycles. The molecular weight excluding hydrogens is 342 g/mol. The van der Waals surface area contributed by atoms with Gasteiger partial charge in [-0.1, -0.05) is 38.8 Å². The maximum Gasteiger partial charge on any atom is 0.232 e. The molecule has 0 aliphatic carbocycles. The molecule has 0 spiro atoms. The van der Waals surface area contributed by atoms with Crippen molar-refractivity contribution in [1.29, 1.82) is 0 Å². The Morgan fingerprint density at radius 1 is 1.20 bits per heavy atom. The lowest BCUT2D eigenvalue weighted by molar-refractivity contribution is 0.439. The summed E-state index contributed by atoms with van der Waals surface area (Å²) in [5, 5.41) is 4.59. The number of halogens is 2. The minimum atomic E-state index is 0.217. The van der Waals surface area contributed by atoms with Crippen molar-refractivity contribution in [2.45, 2.75) is 0 Å². The first-order valence-corrected chi connectivity index (χ1v) is 6.96. The lowest BCUT2D eigenvalue weighted by Crippen LogP contribution is -1.90. The van der Waals surface area contributed by atoms with Crippen LogP contribution in [0.25, 0.3) is 22.5 Å². The minimum absolute atomic E-state index is 0.217. The van der Waals surface area contributed by atoms with Crippen LogP contribution >= 0.6 is 27.5 Å². The highest BCUT2D eigenvalue weighted by Crippen LogP contribution is 2.39. The Hall–Kier alpha value is -1.85. The quantitative estimate of drug-likeness (QED) is 0.744. The molecule has 0 saturated heterocycles. The van der Waals surface area contributed by atoms with Crippen LogP contribution in [-0.4, -0.2) is 10.1 Å². The van der Waals surface area contributed by atoms with Crippen molar-refractivity contribution in [2.75, 3.05) is 5.73 Å². The lowest BCUT2D eigenvalue weighted by atomic mass is 10.0. The van der Waals surface area contributed by atoms with Gasteiger partial charge in [-0.15, -0.1) is 0 Å². The summed E-state index contributed by atoms with van der Waals surface area (Å²) in [6.45, 7) is 0. The van der Waals surface area contributed by atoms with E-state index in [-0.39, 0.29) is 5.88 Å². The normalized spacial score (nSPS) is 10.7. The van der Waals surface area contributed by atoms with Gasteiger partial charge in [0.15, 0.2) is 0 Å². The molecule has 6 heteroatoms. The van der Waals surface area contributed by atoms with Crippen LogP contribution in [0.2, 0.25) is 5.02 Å². The molecule has 1 aromatic carbocycles. The van der Waals surface area contributed by atoms with Gasteiger partial charge in [0.1, 0.15) is 5.69 Å². The number of anilines is 1. The van der Waals surface area contributed by atoms with E-state index in [0.29, 0.717) is 22.0 Å². The molecule has 0 atom stereocenters. The van der Waals surface area contributed by atoms with Gasteiger partial charge >= 0.3 is 0 Å². The van der Waals surface area contributed by atoms with Crippen LogP contribution in [0.3, 0.4) is 0 Å². The van der Waals surface area contributed by atoms with Crippen LogP contribution in [0.5, 0.6) is 0 Å². The Balaban J connectivity index is 2.24. The monoisotopic (exact) mass is 349 g/mol. The highest BCUT2D eigenvalue weighted by Gasteiger charge is 2.20. The molecule has 3 aromatic rings. The van der Waals surface area contributed by atoms with Crippen molar-refractivity contribution in [3.05, 3.63) is 52.1 Å². The fraction of sp³-hybridized carbons (Fsp3) is 0. The molecule has 0 unspecified atom stereocenters. The molecule has 0 fully saturated rings. The second-order valence-electron chi connectivity index (χ2n) is 4.11. The van der Waals surface area contributed by atoms with Gasteiger partial charge in [-0.25, -0.2) is 0 Å². The fourth-order valence-electron chi connectivity index (χ4n) is 1.92. The largest absolute Gasteiger partial charge is 0.367 e. The molecule has 2 heterocycles. The number of benzene rings is 1. The zero-order chi connectivity index (χ0) is 14.1. The lowest BCUT2D eigenvalue weighted by Gasteiger charge is -2.04. The molecule has 100 valence electrons. The molecule has 2 N–H and O–H groups in total. The average Bonchev–Trinajstić information content (AvgIpc) is 2.84. The summed E-state index contributed by atoms with van der Waals surface area (Å²) < 4.78 is 6.01. The Labute approximate surface area is 128 Å². The number of nitrogens with two attached hydrogens (primary N) is 1. The van der Waals surface area contributed by atoms with Gasteiger partial charge < -0.3 is 10.3 Å². The number of hydrogen-bond donors (Lipinski definition) is 1. The third-order valence-electron chi connectivity index (χ3n) is 2.82. The summed E-state index contributed by atoms with van der Waals surface area (Å²) in [4.78, 5) is 4.29. The maximum absolute atomic E-state index is 6.24. The van der Waals surface area contributed by atoms with Crippen molar-refractivity contribution < 1.29 is 4.52 Å². The van der Waals surface area contributed by atoms with Gasteiger partial charge in [0.2, 0.25) is 5.88 Å². The summed E-state index contributed by atoms with van der Waals surface area (Å²) in [6.07, 6.45) is 1.69. The van der Waals surface area contributed by atoms with E-state index in [1.165, 1.54) is 0 Å². The highest BCUT2D eigenvalue weighted by molar-refractivity contribution is 9.10. The van der Waals surface area contributed by atoms with E-state index in [4.69, 9.17) is 21.9 Å². The summed E-state index contributed by atoms with van der Waals surface area (Å²) in [5.74, 6) is 0.217. The Kier molecular flexibility index (Phi) is 3.46. The number of aromatic nitrogens is 2. The summed E-state index contributed by atoms with van der Waals surface area (Å²) in [5.41, 5.74) is 8.53. The Bertz CT molecular complexity index is 758. The molecule has 0 amide bonds. The van der Waals surface area contributed by atoms with Crippen LogP contribution < -0.4 is 5.73 Å². The predicted octanol–water partition coefficient (Wildman–Crippen LogP) is 4.40. The van der Waals surface area contributed by atoms with E-state index in [1.54, 1.807) is 12.3 Å². The maximum atomic E-state index is 6.24. The first-order chi connectivity index (χ1) is 9.66. The SMILES string of the molecule is Nc1onc(-c2cc(Br)ccc2Cl)c1-c1ccccn1. The van der Waals surface area contributed by atoms with E-state index in [2.05, 4.69) is 26.1 Å². The van der Waals surface area contributed by atoms with Crippen LogP contribution in [-0.2, 0) is 0 Å². The molecule has 0 aliphatic rings. The van der Waals surface area contributed by atoms with Crippen LogP contribution in [0.4, 0.5) is 5.88 Å². The third kappa shape index (κ3) is 2.30. The smallest absolute Gasteiger partial charge is 0.232 e. The number of nitrogen functional groups attached to an aromatic ring is 1.